The molecule has 0 atom stereocenters. The molecule has 0 bridgehead atoms. The van der Waals surface area contributed by atoms with E-state index in [0.29, 0.717) is 27.7 Å². The molecule has 1 aromatic heterocycles. The molecule has 186 valence electrons. The Balaban J connectivity index is 1.60. The van der Waals surface area contributed by atoms with Crippen molar-refractivity contribution < 1.29 is 17.9 Å². The minimum Gasteiger partial charge on any atom is -0.495 e. The Morgan fingerprint density at radius 1 is 1.11 bits per heavy atom. The molecular formula is C26H28ClF3N4O. The van der Waals surface area contributed by atoms with Gasteiger partial charge in [-0.25, -0.2) is 0 Å². The number of benzene rings is 2. The summed E-state index contributed by atoms with van der Waals surface area (Å²) in [5.41, 5.74) is 2.37. The van der Waals surface area contributed by atoms with Crippen LogP contribution in [0.4, 0.5) is 24.5 Å². The highest BCUT2D eigenvalue weighted by atomic mass is 35.5. The molecule has 2 N–H and O–H groups in total. The Morgan fingerprint density at radius 3 is 2.60 bits per heavy atom. The first-order valence-electron chi connectivity index (χ1n) is 11.4. The summed E-state index contributed by atoms with van der Waals surface area (Å²) in [6.45, 7) is 1.11. The van der Waals surface area contributed by atoms with Gasteiger partial charge in [-0.15, -0.1) is 0 Å². The van der Waals surface area contributed by atoms with Crippen LogP contribution >= 0.6 is 11.6 Å². The maximum absolute atomic E-state index is 13.4. The van der Waals surface area contributed by atoms with Crippen LogP contribution in [-0.2, 0) is 6.54 Å². The number of fused-ring (bicyclic) bond motifs is 1. The topological polar surface area (TPSA) is 41.5 Å². The molecule has 2 heterocycles. The molecule has 0 radical (unpaired) electrons. The number of rotatable bonds is 6. The van der Waals surface area contributed by atoms with E-state index in [-0.39, 0.29) is 12.6 Å². The molecule has 0 saturated carbocycles. The fraction of sp³-hybridized carbons (Fsp3) is 0.385. The third-order valence-corrected chi connectivity index (χ3v) is 6.34. The minimum atomic E-state index is -4.37. The summed E-state index contributed by atoms with van der Waals surface area (Å²) in [7, 11) is 3.63. The predicted molar refractivity (Wildman–Crippen MR) is 136 cm³/mol. The van der Waals surface area contributed by atoms with Gasteiger partial charge in [-0.3, -0.25) is 0 Å². The fourth-order valence-electron chi connectivity index (χ4n) is 4.32. The Morgan fingerprint density at radius 2 is 1.89 bits per heavy atom. The maximum atomic E-state index is 13.4. The normalized spacial score (nSPS) is 15.0. The van der Waals surface area contributed by atoms with Gasteiger partial charge in [0.2, 0.25) is 0 Å². The van der Waals surface area contributed by atoms with E-state index in [9.17, 15) is 13.2 Å². The number of likely N-dealkylation sites (tertiary alicyclic amines) is 1. The summed E-state index contributed by atoms with van der Waals surface area (Å²) < 4.78 is 46.9. The van der Waals surface area contributed by atoms with Crippen LogP contribution in [0.3, 0.4) is 0 Å². The van der Waals surface area contributed by atoms with E-state index in [1.54, 1.807) is 36.4 Å². The van der Waals surface area contributed by atoms with Crippen molar-refractivity contribution >= 4 is 33.9 Å². The summed E-state index contributed by atoms with van der Waals surface area (Å²) in [5, 5.41) is 7.96. The summed E-state index contributed by atoms with van der Waals surface area (Å²) in [6, 6.07) is 12.6. The van der Waals surface area contributed by atoms with Crippen LogP contribution in [0.15, 0.2) is 42.5 Å². The van der Waals surface area contributed by atoms with Crippen molar-refractivity contribution in [3.05, 3.63) is 53.2 Å². The molecule has 0 aliphatic carbocycles. The number of methoxy groups -OCH3 is 1. The number of nitrogens with one attached hydrogen (secondary N) is 2. The molecule has 0 unspecified atom stereocenters. The lowest BCUT2D eigenvalue weighted by Crippen LogP contribution is -2.36. The van der Waals surface area contributed by atoms with Crippen LogP contribution in [0.1, 0.15) is 18.5 Å². The highest BCUT2D eigenvalue weighted by molar-refractivity contribution is 6.30. The van der Waals surface area contributed by atoms with Gasteiger partial charge in [0.1, 0.15) is 12.3 Å². The summed E-state index contributed by atoms with van der Waals surface area (Å²) >= 11 is 5.99. The summed E-state index contributed by atoms with van der Waals surface area (Å²) in [5.74, 6) is 6.44. The fourth-order valence-corrected chi connectivity index (χ4v) is 4.48. The summed E-state index contributed by atoms with van der Waals surface area (Å²) in [6.07, 6.45) is -2.39. The second kappa shape index (κ2) is 10.7. The zero-order valence-electron chi connectivity index (χ0n) is 19.7. The lowest BCUT2D eigenvalue weighted by molar-refractivity contribution is -0.140. The van der Waals surface area contributed by atoms with Gasteiger partial charge in [-0.1, -0.05) is 23.6 Å². The minimum absolute atomic E-state index is 0.228. The zero-order valence-corrected chi connectivity index (χ0v) is 20.4. The van der Waals surface area contributed by atoms with Gasteiger partial charge in [-0.2, -0.15) is 13.2 Å². The Hall–Kier alpha value is -3.02. The molecule has 0 amide bonds. The molecule has 2 aromatic carbocycles. The van der Waals surface area contributed by atoms with E-state index in [1.165, 1.54) is 11.7 Å². The van der Waals surface area contributed by atoms with E-state index >= 15 is 0 Å². The SMILES string of the molecule is COc1cc(Cl)ccc1NCC#Cc1cc2c(NC3CCN(C)CC3)cccc2n1CC(F)(F)F. The van der Waals surface area contributed by atoms with E-state index < -0.39 is 12.7 Å². The second-order valence-corrected chi connectivity index (χ2v) is 9.13. The number of nitrogens with zero attached hydrogens (tertiary/aromatic N) is 2. The monoisotopic (exact) mass is 504 g/mol. The Bertz CT molecular complexity index is 1240. The standard InChI is InChI=1S/C26H28ClF3N4O/c1-33-13-10-19(11-14-33)32-22-6-3-7-24-21(22)16-20(34(24)17-26(28,29)30)5-4-12-31-23-9-8-18(27)15-25(23)35-2/h3,6-9,15-16,19,31-32H,10-14,17H2,1-2H3. The van der Waals surface area contributed by atoms with Crippen molar-refractivity contribution in [2.24, 2.45) is 0 Å². The van der Waals surface area contributed by atoms with Gasteiger partial charge in [0, 0.05) is 28.2 Å². The van der Waals surface area contributed by atoms with Crippen molar-refractivity contribution in [3.8, 4) is 17.6 Å². The van der Waals surface area contributed by atoms with Crippen LogP contribution < -0.4 is 15.4 Å². The van der Waals surface area contributed by atoms with Crippen LogP contribution in [0.2, 0.25) is 5.02 Å². The Kier molecular flexibility index (Phi) is 7.68. The first-order valence-corrected chi connectivity index (χ1v) is 11.8. The van der Waals surface area contributed by atoms with Gasteiger partial charge >= 0.3 is 6.18 Å². The number of hydrogen-bond donors (Lipinski definition) is 2. The molecule has 4 rings (SSSR count). The lowest BCUT2D eigenvalue weighted by Gasteiger charge is -2.30. The van der Waals surface area contributed by atoms with E-state index in [1.807, 2.05) is 6.07 Å². The smallest absolute Gasteiger partial charge is 0.406 e. The first-order chi connectivity index (χ1) is 16.7. The van der Waals surface area contributed by atoms with Crippen LogP contribution in [-0.4, -0.2) is 55.5 Å². The van der Waals surface area contributed by atoms with Crippen molar-refractivity contribution in [2.45, 2.75) is 31.6 Å². The average Bonchev–Trinajstić information content (AvgIpc) is 3.15. The van der Waals surface area contributed by atoms with Crippen LogP contribution in [0, 0.1) is 11.8 Å². The highest BCUT2D eigenvalue weighted by Gasteiger charge is 2.30. The zero-order chi connectivity index (χ0) is 25.0. The average molecular weight is 505 g/mol. The Labute approximate surface area is 208 Å². The number of anilines is 2. The molecule has 1 aliphatic rings. The molecule has 9 heteroatoms. The van der Waals surface area contributed by atoms with Gasteiger partial charge in [-0.05, 0) is 69.2 Å². The molecule has 0 spiro atoms. The quantitative estimate of drug-likeness (QED) is 0.414. The number of ether oxygens (including phenoxy) is 1. The van der Waals surface area contributed by atoms with Crippen molar-refractivity contribution in [2.75, 3.05) is 44.4 Å². The second-order valence-electron chi connectivity index (χ2n) is 8.69. The molecule has 1 aliphatic heterocycles. The predicted octanol–water partition coefficient (Wildman–Crippen LogP) is 5.84. The van der Waals surface area contributed by atoms with Gasteiger partial charge in [0.25, 0.3) is 0 Å². The van der Waals surface area contributed by atoms with E-state index in [4.69, 9.17) is 16.3 Å². The van der Waals surface area contributed by atoms with E-state index in [0.717, 1.165) is 37.0 Å². The van der Waals surface area contributed by atoms with E-state index in [2.05, 4.69) is 34.4 Å². The molecule has 5 nitrogen and oxygen atoms in total. The molecule has 1 fully saturated rings. The van der Waals surface area contributed by atoms with Gasteiger partial charge in [0.05, 0.1) is 30.6 Å². The summed E-state index contributed by atoms with van der Waals surface area (Å²) in [4.78, 5) is 2.28. The third-order valence-electron chi connectivity index (χ3n) is 6.11. The van der Waals surface area contributed by atoms with Gasteiger partial charge in [0.15, 0.2) is 0 Å². The lowest BCUT2D eigenvalue weighted by atomic mass is 10.0. The molecule has 1 saturated heterocycles. The number of aromatic nitrogens is 1. The molecular weight excluding hydrogens is 477 g/mol. The van der Waals surface area contributed by atoms with Crippen LogP contribution in [0.25, 0.3) is 10.9 Å². The molecule has 3 aromatic rings. The van der Waals surface area contributed by atoms with Crippen molar-refractivity contribution in [3.63, 3.8) is 0 Å². The molecule has 35 heavy (non-hydrogen) atoms. The third kappa shape index (κ3) is 6.36. The number of halogens is 4. The van der Waals surface area contributed by atoms with Crippen molar-refractivity contribution in [1.82, 2.24) is 9.47 Å². The number of hydrogen-bond acceptors (Lipinski definition) is 4. The highest BCUT2D eigenvalue weighted by Crippen LogP contribution is 2.31. The number of alkyl halides is 3. The van der Waals surface area contributed by atoms with Crippen molar-refractivity contribution in [1.29, 1.82) is 0 Å². The van der Waals surface area contributed by atoms with Gasteiger partial charge < -0.3 is 24.8 Å². The van der Waals surface area contributed by atoms with Crippen LogP contribution in [0.5, 0.6) is 5.75 Å². The largest absolute Gasteiger partial charge is 0.495 e. The number of piperidine rings is 1. The maximum Gasteiger partial charge on any atom is 0.406 e. The first kappa shape index (κ1) is 25.1.